The van der Waals surface area contributed by atoms with E-state index in [4.69, 9.17) is 10.2 Å². The van der Waals surface area contributed by atoms with Crippen molar-refractivity contribution in [2.24, 2.45) is 0 Å². The Bertz CT molecular complexity index is 607. The first-order valence-corrected chi connectivity index (χ1v) is 7.31. The average molecular weight is 290 g/mol. The number of carbonyl (C=O) groups excluding carboxylic acids is 1. The highest BCUT2D eigenvalue weighted by Gasteiger charge is 2.29. The summed E-state index contributed by atoms with van der Waals surface area (Å²) >= 11 is 1.42. The molecule has 1 aromatic carbocycles. The van der Waals surface area contributed by atoms with Crippen LogP contribution in [0.25, 0.3) is 0 Å². The maximum atomic E-state index is 11.8. The molecule has 0 saturated heterocycles. The van der Waals surface area contributed by atoms with Crippen LogP contribution >= 0.6 is 11.8 Å². The van der Waals surface area contributed by atoms with Crippen LogP contribution in [-0.2, 0) is 4.79 Å². The number of hydrogen-bond donors (Lipinski definition) is 2. The summed E-state index contributed by atoms with van der Waals surface area (Å²) in [6.45, 7) is 0. The lowest BCUT2D eigenvalue weighted by Gasteiger charge is -2.01. The van der Waals surface area contributed by atoms with Gasteiger partial charge in [-0.15, -0.1) is 16.9 Å². The lowest BCUT2D eigenvalue weighted by Crippen LogP contribution is -2.14. The standard InChI is InChI=1S/C13H14N4O2S/c14-9-3-5-10(6-4-9)20-7-11(18)15-13-17-16-12(19-13)8-1-2-8/h3-6,8H,1-2,7,14H2,(H,15,17,18). The number of carbonyl (C=O) groups is 1. The number of benzene rings is 1. The molecule has 3 N–H and O–H groups in total. The summed E-state index contributed by atoms with van der Waals surface area (Å²) in [6.07, 6.45) is 2.17. The molecule has 3 rings (SSSR count). The van der Waals surface area contributed by atoms with Crippen LogP contribution in [0.2, 0.25) is 0 Å². The monoisotopic (exact) mass is 290 g/mol. The third-order valence-electron chi connectivity index (χ3n) is 2.86. The smallest absolute Gasteiger partial charge is 0.322 e. The van der Waals surface area contributed by atoms with Crippen molar-refractivity contribution in [3.05, 3.63) is 30.2 Å². The number of nitrogens with zero attached hydrogens (tertiary/aromatic N) is 2. The minimum absolute atomic E-state index is 0.169. The van der Waals surface area contributed by atoms with E-state index in [1.165, 1.54) is 11.8 Å². The molecule has 2 aromatic rings. The van der Waals surface area contributed by atoms with Crippen molar-refractivity contribution >= 4 is 29.4 Å². The second-order valence-corrected chi connectivity index (χ2v) is 5.67. The predicted octanol–water partition coefficient (Wildman–Crippen LogP) is 2.26. The maximum Gasteiger partial charge on any atom is 0.322 e. The zero-order valence-electron chi connectivity index (χ0n) is 10.7. The number of nitrogen functional groups attached to an aromatic ring is 1. The number of amides is 1. The van der Waals surface area contributed by atoms with Gasteiger partial charge < -0.3 is 10.2 Å². The minimum atomic E-state index is -0.169. The zero-order valence-corrected chi connectivity index (χ0v) is 11.5. The quantitative estimate of drug-likeness (QED) is 0.648. The Balaban J connectivity index is 1.49. The van der Waals surface area contributed by atoms with Crippen LogP contribution in [0.1, 0.15) is 24.7 Å². The van der Waals surface area contributed by atoms with E-state index in [2.05, 4.69) is 15.5 Å². The first-order valence-electron chi connectivity index (χ1n) is 6.32. The highest BCUT2D eigenvalue weighted by atomic mass is 32.2. The van der Waals surface area contributed by atoms with Gasteiger partial charge in [-0.25, -0.2) is 0 Å². The summed E-state index contributed by atoms with van der Waals surface area (Å²) < 4.78 is 5.37. The summed E-state index contributed by atoms with van der Waals surface area (Å²) in [5, 5.41) is 10.3. The molecule has 0 bridgehead atoms. The molecule has 6 nitrogen and oxygen atoms in total. The molecular weight excluding hydrogens is 276 g/mol. The van der Waals surface area contributed by atoms with Crippen molar-refractivity contribution in [3.8, 4) is 0 Å². The van der Waals surface area contributed by atoms with Crippen molar-refractivity contribution in [2.75, 3.05) is 16.8 Å². The average Bonchev–Trinajstić information content (AvgIpc) is 3.19. The number of anilines is 2. The van der Waals surface area contributed by atoms with Gasteiger partial charge >= 0.3 is 6.01 Å². The highest BCUT2D eigenvalue weighted by Crippen LogP contribution is 2.39. The summed E-state index contributed by atoms with van der Waals surface area (Å²) in [7, 11) is 0. The van der Waals surface area contributed by atoms with E-state index >= 15 is 0 Å². The Morgan fingerprint density at radius 3 is 2.80 bits per heavy atom. The zero-order chi connectivity index (χ0) is 13.9. The molecule has 0 unspecified atom stereocenters. The predicted molar refractivity (Wildman–Crippen MR) is 76.5 cm³/mol. The van der Waals surface area contributed by atoms with Gasteiger partial charge in [-0.3, -0.25) is 10.1 Å². The van der Waals surface area contributed by atoms with Crippen molar-refractivity contribution in [3.63, 3.8) is 0 Å². The third kappa shape index (κ3) is 3.30. The van der Waals surface area contributed by atoms with Gasteiger partial charge in [0.1, 0.15) is 0 Å². The van der Waals surface area contributed by atoms with Crippen molar-refractivity contribution in [1.29, 1.82) is 0 Å². The van der Waals surface area contributed by atoms with E-state index in [1.807, 2.05) is 12.1 Å². The number of rotatable bonds is 5. The first kappa shape index (κ1) is 13.0. The minimum Gasteiger partial charge on any atom is -0.408 e. The van der Waals surface area contributed by atoms with Gasteiger partial charge in [0.25, 0.3) is 0 Å². The van der Waals surface area contributed by atoms with Crippen molar-refractivity contribution in [2.45, 2.75) is 23.7 Å². The molecule has 104 valence electrons. The van der Waals surface area contributed by atoms with Gasteiger partial charge in [-0.1, -0.05) is 5.10 Å². The Morgan fingerprint density at radius 2 is 2.10 bits per heavy atom. The molecule has 0 aliphatic heterocycles. The fourth-order valence-corrected chi connectivity index (χ4v) is 2.35. The second-order valence-electron chi connectivity index (χ2n) is 4.63. The summed E-state index contributed by atoms with van der Waals surface area (Å²) in [6, 6.07) is 7.55. The fourth-order valence-electron chi connectivity index (χ4n) is 1.65. The van der Waals surface area contributed by atoms with E-state index in [0.29, 0.717) is 17.5 Å². The van der Waals surface area contributed by atoms with Gasteiger partial charge in [0.05, 0.1) is 5.75 Å². The van der Waals surface area contributed by atoms with Crippen LogP contribution < -0.4 is 11.1 Å². The maximum absolute atomic E-state index is 11.8. The van der Waals surface area contributed by atoms with E-state index in [0.717, 1.165) is 17.7 Å². The Hall–Kier alpha value is -2.02. The second kappa shape index (κ2) is 5.54. The molecule has 20 heavy (non-hydrogen) atoms. The molecule has 1 heterocycles. The van der Waals surface area contributed by atoms with Crippen LogP contribution in [0.15, 0.2) is 33.6 Å². The van der Waals surface area contributed by atoms with E-state index in [1.54, 1.807) is 12.1 Å². The van der Waals surface area contributed by atoms with Gasteiger partial charge in [0, 0.05) is 16.5 Å². The largest absolute Gasteiger partial charge is 0.408 e. The van der Waals surface area contributed by atoms with E-state index in [9.17, 15) is 4.79 Å². The van der Waals surface area contributed by atoms with Crippen LogP contribution in [-0.4, -0.2) is 21.9 Å². The summed E-state index contributed by atoms with van der Waals surface area (Å²) in [5.41, 5.74) is 6.31. The molecule has 1 aromatic heterocycles. The molecule has 0 spiro atoms. The third-order valence-corrected chi connectivity index (χ3v) is 3.88. The van der Waals surface area contributed by atoms with E-state index < -0.39 is 0 Å². The van der Waals surface area contributed by atoms with E-state index in [-0.39, 0.29) is 17.7 Å². The molecular formula is C13H14N4O2S. The molecule has 0 radical (unpaired) electrons. The lowest BCUT2D eigenvalue weighted by atomic mass is 10.3. The molecule has 7 heteroatoms. The fraction of sp³-hybridized carbons (Fsp3) is 0.308. The SMILES string of the molecule is Nc1ccc(SCC(=O)Nc2nnc(C3CC3)o2)cc1. The normalized spacial score (nSPS) is 14.2. The van der Waals surface area contributed by atoms with Gasteiger partial charge in [0.2, 0.25) is 11.8 Å². The molecule has 1 aliphatic rings. The number of nitrogens with two attached hydrogens (primary N) is 1. The van der Waals surface area contributed by atoms with Gasteiger partial charge in [-0.05, 0) is 37.1 Å². The summed E-state index contributed by atoms with van der Waals surface area (Å²) in [4.78, 5) is 12.7. The molecule has 1 amide bonds. The Morgan fingerprint density at radius 1 is 1.35 bits per heavy atom. The van der Waals surface area contributed by atoms with Crippen LogP contribution in [0.5, 0.6) is 0 Å². The highest BCUT2D eigenvalue weighted by molar-refractivity contribution is 8.00. The van der Waals surface area contributed by atoms with Gasteiger partial charge in [-0.2, -0.15) is 0 Å². The molecule has 1 fully saturated rings. The molecule has 1 saturated carbocycles. The van der Waals surface area contributed by atoms with Crippen LogP contribution in [0.3, 0.4) is 0 Å². The van der Waals surface area contributed by atoms with Crippen LogP contribution in [0.4, 0.5) is 11.7 Å². The number of hydrogen-bond acceptors (Lipinski definition) is 6. The van der Waals surface area contributed by atoms with Crippen molar-refractivity contribution in [1.82, 2.24) is 10.2 Å². The number of thioether (sulfide) groups is 1. The number of aromatic nitrogens is 2. The van der Waals surface area contributed by atoms with Crippen LogP contribution in [0, 0.1) is 0 Å². The Labute approximate surface area is 120 Å². The summed E-state index contributed by atoms with van der Waals surface area (Å²) in [5.74, 6) is 1.12. The first-order chi connectivity index (χ1) is 9.70. The Kier molecular flexibility index (Phi) is 3.60. The van der Waals surface area contributed by atoms with Gasteiger partial charge in [0.15, 0.2) is 0 Å². The molecule has 0 atom stereocenters. The topological polar surface area (TPSA) is 94.0 Å². The lowest BCUT2D eigenvalue weighted by molar-refractivity contribution is -0.113. The number of nitrogens with one attached hydrogen (secondary N) is 1. The van der Waals surface area contributed by atoms with Crippen molar-refractivity contribution < 1.29 is 9.21 Å². The molecule has 1 aliphatic carbocycles.